The van der Waals surface area contributed by atoms with Crippen LogP contribution in [0.2, 0.25) is 0 Å². The summed E-state index contributed by atoms with van der Waals surface area (Å²) in [5, 5.41) is 5.35. The summed E-state index contributed by atoms with van der Waals surface area (Å²) in [6.07, 6.45) is 1.29. The van der Waals surface area contributed by atoms with Gasteiger partial charge in [0.15, 0.2) is 0 Å². The minimum absolute atomic E-state index is 0.132. The highest BCUT2D eigenvalue weighted by Gasteiger charge is 2.46. The van der Waals surface area contributed by atoms with Crippen LogP contribution in [0.15, 0.2) is 17.5 Å². The molecule has 2 aliphatic rings. The van der Waals surface area contributed by atoms with E-state index in [1.165, 1.54) is 4.88 Å². The lowest BCUT2D eigenvalue weighted by Gasteiger charge is -2.23. The fraction of sp³-hybridized carbons (Fsp3) is 0.545. The second-order valence-electron chi connectivity index (χ2n) is 4.38. The first kappa shape index (κ1) is 9.36. The van der Waals surface area contributed by atoms with Gasteiger partial charge < -0.3 is 4.90 Å². The SMILES string of the molecule is CC1CC1N1C(=O)CNC1c1cccs1. The third-order valence-electron chi connectivity index (χ3n) is 3.25. The maximum Gasteiger partial charge on any atom is 0.238 e. The van der Waals surface area contributed by atoms with Gasteiger partial charge in [-0.15, -0.1) is 11.3 Å². The van der Waals surface area contributed by atoms with Gasteiger partial charge in [0.2, 0.25) is 5.91 Å². The van der Waals surface area contributed by atoms with Crippen molar-refractivity contribution in [2.24, 2.45) is 5.92 Å². The van der Waals surface area contributed by atoms with Crippen molar-refractivity contribution < 1.29 is 4.79 Å². The van der Waals surface area contributed by atoms with Crippen LogP contribution >= 0.6 is 11.3 Å². The first-order chi connectivity index (χ1) is 7.27. The predicted octanol–water partition coefficient (Wildman–Crippen LogP) is 1.59. The topological polar surface area (TPSA) is 32.3 Å². The Balaban J connectivity index is 1.86. The lowest BCUT2D eigenvalue weighted by atomic mass is 10.3. The molecule has 3 atom stereocenters. The maximum atomic E-state index is 11.8. The van der Waals surface area contributed by atoms with E-state index < -0.39 is 0 Å². The number of rotatable bonds is 2. The van der Waals surface area contributed by atoms with Crippen molar-refractivity contribution in [3.8, 4) is 0 Å². The Morgan fingerprint density at radius 1 is 1.60 bits per heavy atom. The van der Waals surface area contributed by atoms with Gasteiger partial charge >= 0.3 is 0 Å². The highest BCUT2D eigenvalue weighted by atomic mass is 32.1. The van der Waals surface area contributed by atoms with Gasteiger partial charge in [0, 0.05) is 10.9 Å². The van der Waals surface area contributed by atoms with Crippen molar-refractivity contribution >= 4 is 17.2 Å². The Morgan fingerprint density at radius 2 is 2.40 bits per heavy atom. The molecule has 80 valence electrons. The van der Waals surface area contributed by atoms with E-state index in [1.54, 1.807) is 11.3 Å². The molecule has 1 aliphatic heterocycles. The van der Waals surface area contributed by atoms with Gasteiger partial charge in [-0.3, -0.25) is 10.1 Å². The van der Waals surface area contributed by atoms with Crippen LogP contribution in [0.4, 0.5) is 0 Å². The van der Waals surface area contributed by atoms with E-state index in [9.17, 15) is 4.79 Å². The molecule has 1 aromatic heterocycles. The van der Waals surface area contributed by atoms with E-state index in [0.29, 0.717) is 18.5 Å². The molecule has 0 spiro atoms. The summed E-state index contributed by atoms with van der Waals surface area (Å²) in [5.74, 6) is 0.930. The average Bonchev–Trinajstić information content (AvgIpc) is 2.72. The third kappa shape index (κ3) is 1.48. The molecule has 0 radical (unpaired) electrons. The Hall–Kier alpha value is -0.870. The van der Waals surface area contributed by atoms with Gasteiger partial charge in [0.05, 0.1) is 6.54 Å². The van der Waals surface area contributed by atoms with Gasteiger partial charge in [0.1, 0.15) is 6.17 Å². The van der Waals surface area contributed by atoms with Crippen molar-refractivity contribution in [2.45, 2.75) is 25.6 Å². The number of amides is 1. The van der Waals surface area contributed by atoms with Gasteiger partial charge in [-0.2, -0.15) is 0 Å². The lowest BCUT2D eigenvalue weighted by Crippen LogP contribution is -2.32. The molecule has 0 aromatic carbocycles. The van der Waals surface area contributed by atoms with Crippen LogP contribution < -0.4 is 5.32 Å². The molecule has 2 heterocycles. The number of nitrogens with zero attached hydrogens (tertiary/aromatic N) is 1. The summed E-state index contributed by atoms with van der Waals surface area (Å²) < 4.78 is 0. The molecule has 1 amide bonds. The molecular formula is C11H14N2OS. The number of carbonyl (C=O) groups is 1. The van der Waals surface area contributed by atoms with Crippen molar-refractivity contribution in [1.82, 2.24) is 10.2 Å². The maximum absolute atomic E-state index is 11.8. The number of carbonyl (C=O) groups excluding carboxylic acids is 1. The summed E-state index contributed by atoms with van der Waals surface area (Å²) in [5.41, 5.74) is 0. The van der Waals surface area contributed by atoms with Crippen molar-refractivity contribution in [2.75, 3.05) is 6.54 Å². The zero-order valence-electron chi connectivity index (χ0n) is 8.64. The van der Waals surface area contributed by atoms with Crippen LogP contribution in [0, 0.1) is 5.92 Å². The minimum Gasteiger partial charge on any atom is -0.318 e. The van der Waals surface area contributed by atoms with E-state index in [-0.39, 0.29) is 12.1 Å². The van der Waals surface area contributed by atoms with Gasteiger partial charge in [-0.1, -0.05) is 13.0 Å². The Labute approximate surface area is 93.1 Å². The van der Waals surface area contributed by atoms with E-state index in [1.807, 2.05) is 11.0 Å². The first-order valence-electron chi connectivity index (χ1n) is 5.35. The highest BCUT2D eigenvalue weighted by molar-refractivity contribution is 7.10. The van der Waals surface area contributed by atoms with Crippen LogP contribution in [0.5, 0.6) is 0 Å². The number of thiophene rings is 1. The summed E-state index contributed by atoms with van der Waals surface area (Å²) in [6, 6.07) is 4.61. The van der Waals surface area contributed by atoms with Crippen LogP contribution in [0.3, 0.4) is 0 Å². The fourth-order valence-electron chi connectivity index (χ4n) is 2.27. The molecule has 1 aliphatic carbocycles. The molecule has 3 nitrogen and oxygen atoms in total. The van der Waals surface area contributed by atoms with E-state index in [4.69, 9.17) is 0 Å². The van der Waals surface area contributed by atoms with E-state index in [0.717, 1.165) is 6.42 Å². The summed E-state index contributed by atoms with van der Waals surface area (Å²) in [4.78, 5) is 15.1. The number of hydrogen-bond donors (Lipinski definition) is 1. The minimum atomic E-state index is 0.132. The van der Waals surface area contributed by atoms with Crippen LogP contribution in [-0.2, 0) is 4.79 Å². The second kappa shape index (κ2) is 3.32. The Morgan fingerprint density at radius 3 is 3.00 bits per heavy atom. The standard InChI is InChI=1S/C11H14N2OS/c1-7-5-8(7)13-10(14)6-12-11(13)9-3-2-4-15-9/h2-4,7-8,11-12H,5-6H2,1H3. The molecule has 1 N–H and O–H groups in total. The summed E-state index contributed by atoms with van der Waals surface area (Å²) in [6.45, 7) is 2.70. The molecule has 1 saturated heterocycles. The Bertz CT molecular complexity index is 376. The van der Waals surface area contributed by atoms with E-state index >= 15 is 0 Å². The molecule has 1 aromatic rings. The molecule has 3 unspecified atom stereocenters. The monoisotopic (exact) mass is 222 g/mol. The van der Waals surface area contributed by atoms with Crippen LogP contribution in [-0.4, -0.2) is 23.4 Å². The quantitative estimate of drug-likeness (QED) is 0.824. The molecule has 0 bridgehead atoms. The summed E-state index contributed by atoms with van der Waals surface area (Å²) >= 11 is 1.72. The van der Waals surface area contributed by atoms with Crippen LogP contribution in [0.25, 0.3) is 0 Å². The highest BCUT2D eigenvalue weighted by Crippen LogP contribution is 2.41. The molecule has 1 saturated carbocycles. The van der Waals surface area contributed by atoms with Crippen molar-refractivity contribution in [3.05, 3.63) is 22.4 Å². The lowest BCUT2D eigenvalue weighted by molar-refractivity contribution is -0.128. The molecule has 3 rings (SSSR count). The first-order valence-corrected chi connectivity index (χ1v) is 6.23. The van der Waals surface area contributed by atoms with Crippen molar-refractivity contribution in [3.63, 3.8) is 0 Å². The molecule has 2 fully saturated rings. The normalized spacial score (nSPS) is 34.9. The zero-order chi connectivity index (χ0) is 10.4. The number of nitrogens with one attached hydrogen (secondary N) is 1. The molecular weight excluding hydrogens is 208 g/mol. The third-order valence-corrected chi connectivity index (χ3v) is 4.17. The average molecular weight is 222 g/mol. The smallest absolute Gasteiger partial charge is 0.238 e. The second-order valence-corrected chi connectivity index (χ2v) is 5.36. The molecule has 4 heteroatoms. The molecule has 15 heavy (non-hydrogen) atoms. The van der Waals surface area contributed by atoms with Gasteiger partial charge in [0.25, 0.3) is 0 Å². The fourth-order valence-corrected chi connectivity index (χ4v) is 3.07. The summed E-state index contributed by atoms with van der Waals surface area (Å²) in [7, 11) is 0. The largest absolute Gasteiger partial charge is 0.318 e. The van der Waals surface area contributed by atoms with E-state index in [2.05, 4.69) is 23.7 Å². The Kier molecular flexibility index (Phi) is 2.07. The van der Waals surface area contributed by atoms with Crippen LogP contribution in [0.1, 0.15) is 24.4 Å². The van der Waals surface area contributed by atoms with Gasteiger partial charge in [-0.05, 0) is 23.8 Å². The predicted molar refractivity (Wildman–Crippen MR) is 59.5 cm³/mol. The zero-order valence-corrected chi connectivity index (χ0v) is 9.46. The van der Waals surface area contributed by atoms with Gasteiger partial charge in [-0.25, -0.2) is 0 Å². The number of hydrogen-bond acceptors (Lipinski definition) is 3. The van der Waals surface area contributed by atoms with Crippen molar-refractivity contribution in [1.29, 1.82) is 0 Å².